The molecule has 7 atom stereocenters. The molecule has 22 heavy (non-hydrogen) atoms. The van der Waals surface area contributed by atoms with Crippen molar-refractivity contribution in [2.75, 3.05) is 0 Å². The molecule has 0 radical (unpaired) electrons. The fraction of sp³-hybridized carbons (Fsp3) is 0.850. The molecule has 4 rings (SSSR count). The molecule has 0 aromatic carbocycles. The summed E-state index contributed by atoms with van der Waals surface area (Å²) in [4.78, 5) is 12.6. The van der Waals surface area contributed by atoms with Gasteiger partial charge in [0.05, 0.1) is 6.10 Å². The molecule has 2 nitrogen and oxygen atoms in total. The van der Waals surface area contributed by atoms with Crippen molar-refractivity contribution in [2.45, 2.75) is 71.8 Å². The quantitative estimate of drug-likeness (QED) is 0.683. The van der Waals surface area contributed by atoms with Crippen molar-refractivity contribution in [3.05, 3.63) is 11.6 Å². The Bertz CT molecular complexity index is 536. The molecular formula is C20H30O2. The Morgan fingerprint density at radius 3 is 2.64 bits per heavy atom. The number of hydrogen-bond donors (Lipinski definition) is 1. The fourth-order valence-electron chi connectivity index (χ4n) is 6.92. The lowest BCUT2D eigenvalue weighted by atomic mass is 9.47. The first kappa shape index (κ1) is 14.9. The largest absolute Gasteiger partial charge is 0.393 e. The summed E-state index contributed by atoms with van der Waals surface area (Å²) in [5.74, 6) is 3.08. The van der Waals surface area contributed by atoms with Gasteiger partial charge in [-0.3, -0.25) is 4.79 Å². The second kappa shape index (κ2) is 4.69. The first-order chi connectivity index (χ1) is 10.4. The smallest absolute Gasteiger partial charge is 0.139 e. The van der Waals surface area contributed by atoms with Gasteiger partial charge in [-0.15, -0.1) is 0 Å². The van der Waals surface area contributed by atoms with E-state index in [1.165, 1.54) is 12.0 Å². The Labute approximate surface area is 134 Å². The van der Waals surface area contributed by atoms with Crippen LogP contribution in [0.5, 0.6) is 0 Å². The molecule has 0 bridgehead atoms. The summed E-state index contributed by atoms with van der Waals surface area (Å²) in [5.41, 5.74) is 1.76. The normalized spacial score (nSPS) is 54.3. The number of aliphatic hydroxyl groups is 1. The van der Waals surface area contributed by atoms with Gasteiger partial charge in [-0.1, -0.05) is 32.4 Å². The molecule has 0 aliphatic heterocycles. The highest BCUT2D eigenvalue weighted by Crippen LogP contribution is 2.65. The van der Waals surface area contributed by atoms with Gasteiger partial charge in [0, 0.05) is 11.8 Å². The lowest BCUT2D eigenvalue weighted by molar-refractivity contribution is -0.132. The van der Waals surface area contributed by atoms with E-state index in [2.05, 4.69) is 26.8 Å². The SMILES string of the molecule is C[C@@H]1CC(=O)[C@@]2(C)CC[C@H]3[C@@H](CC=C4C[C@@H](O)CC[C@@]43C)[C@H]12. The van der Waals surface area contributed by atoms with E-state index in [-0.39, 0.29) is 16.9 Å². The summed E-state index contributed by atoms with van der Waals surface area (Å²) in [5, 5.41) is 10.0. The number of ketones is 1. The molecular weight excluding hydrogens is 272 g/mol. The van der Waals surface area contributed by atoms with Crippen LogP contribution in [0.15, 0.2) is 11.6 Å². The molecule has 0 spiro atoms. The molecule has 0 unspecified atom stereocenters. The Balaban J connectivity index is 1.72. The van der Waals surface area contributed by atoms with Gasteiger partial charge in [-0.2, -0.15) is 0 Å². The molecule has 0 saturated heterocycles. The molecule has 1 N–H and O–H groups in total. The Hall–Kier alpha value is -0.630. The molecule has 4 aliphatic carbocycles. The number of fused-ring (bicyclic) bond motifs is 5. The highest BCUT2D eigenvalue weighted by Gasteiger charge is 2.60. The molecule has 0 heterocycles. The number of Topliss-reactive ketones (excluding diaryl/α,β-unsaturated/α-hetero) is 1. The van der Waals surface area contributed by atoms with Crippen molar-refractivity contribution in [2.24, 2.45) is 34.5 Å². The van der Waals surface area contributed by atoms with Crippen LogP contribution >= 0.6 is 0 Å². The lowest BCUT2D eigenvalue weighted by Gasteiger charge is -2.57. The van der Waals surface area contributed by atoms with Gasteiger partial charge in [0.2, 0.25) is 0 Å². The number of carbonyl (C=O) groups is 1. The van der Waals surface area contributed by atoms with Crippen LogP contribution in [0.2, 0.25) is 0 Å². The standard InChI is InChI=1S/C20H30O2/c1-12-10-17(22)20(3)9-7-16-15(18(12)20)5-4-13-11-14(21)6-8-19(13,16)2/h4,12,14-16,18,21H,5-11H2,1-3H3/t12-,14+,15-,16+,18+,19+,20-/m1/s1. The van der Waals surface area contributed by atoms with E-state index in [0.29, 0.717) is 23.5 Å². The van der Waals surface area contributed by atoms with Crippen molar-refractivity contribution < 1.29 is 9.90 Å². The van der Waals surface area contributed by atoms with Gasteiger partial charge < -0.3 is 5.11 Å². The topological polar surface area (TPSA) is 37.3 Å². The van der Waals surface area contributed by atoms with Crippen molar-refractivity contribution in [1.29, 1.82) is 0 Å². The molecule has 2 heteroatoms. The number of rotatable bonds is 0. The average Bonchev–Trinajstić information content (AvgIpc) is 2.70. The van der Waals surface area contributed by atoms with E-state index >= 15 is 0 Å². The van der Waals surface area contributed by atoms with E-state index in [1.54, 1.807) is 0 Å². The van der Waals surface area contributed by atoms with Gasteiger partial charge in [0.15, 0.2) is 0 Å². The zero-order valence-corrected chi connectivity index (χ0v) is 14.3. The maximum Gasteiger partial charge on any atom is 0.139 e. The summed E-state index contributed by atoms with van der Waals surface area (Å²) >= 11 is 0. The maximum absolute atomic E-state index is 12.6. The molecule has 122 valence electrons. The second-order valence-electron chi connectivity index (χ2n) is 9.14. The zero-order valence-electron chi connectivity index (χ0n) is 14.3. The van der Waals surface area contributed by atoms with Crippen LogP contribution in [-0.4, -0.2) is 17.0 Å². The third-order valence-corrected chi connectivity index (χ3v) is 8.09. The molecule has 4 aliphatic rings. The van der Waals surface area contributed by atoms with E-state index in [4.69, 9.17) is 0 Å². The van der Waals surface area contributed by atoms with Gasteiger partial charge in [0.1, 0.15) is 5.78 Å². The van der Waals surface area contributed by atoms with Crippen LogP contribution in [-0.2, 0) is 4.79 Å². The van der Waals surface area contributed by atoms with Crippen molar-refractivity contribution in [1.82, 2.24) is 0 Å². The zero-order chi connectivity index (χ0) is 15.7. The first-order valence-electron chi connectivity index (χ1n) is 9.27. The molecule has 3 fully saturated rings. The minimum Gasteiger partial charge on any atom is -0.393 e. The van der Waals surface area contributed by atoms with Crippen LogP contribution in [0.25, 0.3) is 0 Å². The van der Waals surface area contributed by atoms with Crippen LogP contribution < -0.4 is 0 Å². The summed E-state index contributed by atoms with van der Waals surface area (Å²) in [6.07, 6.45) is 9.53. The van der Waals surface area contributed by atoms with Crippen LogP contribution in [0, 0.1) is 34.5 Å². The van der Waals surface area contributed by atoms with E-state index in [9.17, 15) is 9.90 Å². The number of hydrogen-bond acceptors (Lipinski definition) is 2. The van der Waals surface area contributed by atoms with Crippen molar-refractivity contribution in [3.8, 4) is 0 Å². The minimum atomic E-state index is -0.128. The molecule has 3 saturated carbocycles. The second-order valence-corrected chi connectivity index (χ2v) is 9.14. The summed E-state index contributed by atoms with van der Waals surface area (Å²) in [6, 6.07) is 0. The third kappa shape index (κ3) is 1.79. The number of carbonyl (C=O) groups excluding carboxylic acids is 1. The summed E-state index contributed by atoms with van der Waals surface area (Å²) in [7, 11) is 0. The highest BCUT2D eigenvalue weighted by atomic mass is 16.3. The average molecular weight is 302 g/mol. The third-order valence-electron chi connectivity index (χ3n) is 8.09. The molecule has 0 amide bonds. The number of allylic oxidation sites excluding steroid dienone is 1. The predicted molar refractivity (Wildman–Crippen MR) is 87.3 cm³/mol. The monoisotopic (exact) mass is 302 g/mol. The van der Waals surface area contributed by atoms with Gasteiger partial charge in [-0.25, -0.2) is 0 Å². The van der Waals surface area contributed by atoms with Crippen molar-refractivity contribution in [3.63, 3.8) is 0 Å². The highest BCUT2D eigenvalue weighted by molar-refractivity contribution is 5.87. The van der Waals surface area contributed by atoms with E-state index < -0.39 is 0 Å². The minimum absolute atomic E-state index is 0.0452. The van der Waals surface area contributed by atoms with Crippen molar-refractivity contribution >= 4 is 5.78 Å². The van der Waals surface area contributed by atoms with E-state index in [1.807, 2.05) is 0 Å². The lowest BCUT2D eigenvalue weighted by Crippen LogP contribution is -2.51. The molecule has 0 aromatic heterocycles. The molecule has 0 aromatic rings. The maximum atomic E-state index is 12.6. The van der Waals surface area contributed by atoms with Crippen LogP contribution in [0.1, 0.15) is 65.7 Å². The van der Waals surface area contributed by atoms with Gasteiger partial charge in [0.25, 0.3) is 0 Å². The Kier molecular flexibility index (Phi) is 3.18. The van der Waals surface area contributed by atoms with Crippen LogP contribution in [0.4, 0.5) is 0 Å². The summed E-state index contributed by atoms with van der Waals surface area (Å²) in [6.45, 7) is 7.01. The first-order valence-corrected chi connectivity index (χ1v) is 9.27. The van der Waals surface area contributed by atoms with Gasteiger partial charge >= 0.3 is 0 Å². The predicted octanol–water partition coefficient (Wildman–Crippen LogP) is 4.13. The Morgan fingerprint density at radius 2 is 1.86 bits per heavy atom. The number of aliphatic hydroxyl groups excluding tert-OH is 1. The Morgan fingerprint density at radius 1 is 1.14 bits per heavy atom. The van der Waals surface area contributed by atoms with Crippen LogP contribution in [0.3, 0.4) is 0 Å². The van der Waals surface area contributed by atoms with Gasteiger partial charge in [-0.05, 0) is 67.6 Å². The summed E-state index contributed by atoms with van der Waals surface area (Å²) < 4.78 is 0. The van der Waals surface area contributed by atoms with E-state index in [0.717, 1.165) is 44.4 Å². The fourth-order valence-corrected chi connectivity index (χ4v) is 6.92.